The maximum Gasteiger partial charge on any atom is 0.233 e. The van der Waals surface area contributed by atoms with Crippen LogP contribution in [-0.2, 0) is 4.79 Å². The number of rotatable bonds is 5. The maximum atomic E-state index is 12.4. The van der Waals surface area contributed by atoms with Gasteiger partial charge in [0.05, 0.1) is 22.7 Å². The molecule has 2 rings (SSSR count). The third-order valence-electron chi connectivity index (χ3n) is 3.78. The number of carbonyl (C=O) groups is 1. The molecule has 1 fully saturated rings. The Bertz CT molecular complexity index is 429. The molecule has 20 heavy (non-hydrogen) atoms. The first-order chi connectivity index (χ1) is 9.70. The minimum atomic E-state index is 0.225. The van der Waals surface area contributed by atoms with Gasteiger partial charge in [-0.15, -0.1) is 0 Å². The average molecular weight is 293 g/mol. The summed E-state index contributed by atoms with van der Waals surface area (Å²) in [5.41, 5.74) is 6.25. The van der Waals surface area contributed by atoms with Crippen molar-refractivity contribution in [2.24, 2.45) is 0 Å². The number of pyridine rings is 1. The number of nitrogens with zero attached hydrogens (tertiary/aromatic N) is 2. The predicted molar refractivity (Wildman–Crippen MR) is 83.6 cm³/mol. The molecule has 0 unspecified atom stereocenters. The molecule has 0 saturated heterocycles. The van der Waals surface area contributed by atoms with Crippen molar-refractivity contribution in [3.05, 3.63) is 18.3 Å². The Morgan fingerprint density at radius 1 is 1.40 bits per heavy atom. The molecule has 0 bridgehead atoms. The predicted octanol–water partition coefficient (Wildman–Crippen LogP) is 2.94. The first-order valence-electron chi connectivity index (χ1n) is 7.34. The molecule has 1 amide bonds. The highest BCUT2D eigenvalue weighted by atomic mass is 32.2. The number of amides is 1. The van der Waals surface area contributed by atoms with Crippen molar-refractivity contribution in [3.63, 3.8) is 0 Å². The van der Waals surface area contributed by atoms with Gasteiger partial charge >= 0.3 is 0 Å². The van der Waals surface area contributed by atoms with Crippen LogP contribution in [0, 0.1) is 0 Å². The molecule has 1 aromatic heterocycles. The van der Waals surface area contributed by atoms with Crippen molar-refractivity contribution >= 4 is 23.4 Å². The number of nitrogen functional groups attached to an aromatic ring is 1. The highest BCUT2D eigenvalue weighted by Crippen LogP contribution is 2.24. The molecular formula is C15H23N3OS. The molecule has 1 aromatic rings. The summed E-state index contributed by atoms with van der Waals surface area (Å²) in [5.74, 6) is 0.685. The van der Waals surface area contributed by atoms with Gasteiger partial charge in [-0.1, -0.05) is 31.0 Å². The number of aromatic nitrogens is 1. The summed E-state index contributed by atoms with van der Waals surface area (Å²) in [6.45, 7) is 2.87. The number of thioether (sulfide) groups is 1. The minimum absolute atomic E-state index is 0.225. The summed E-state index contributed by atoms with van der Waals surface area (Å²) >= 11 is 1.49. The SMILES string of the molecule is CCN(C(=O)CSc1ccc(N)cn1)C1CCCCC1. The molecule has 5 heteroatoms. The zero-order valence-electron chi connectivity index (χ0n) is 12.0. The molecule has 4 nitrogen and oxygen atoms in total. The van der Waals surface area contributed by atoms with E-state index in [0.717, 1.165) is 24.4 Å². The highest BCUT2D eigenvalue weighted by molar-refractivity contribution is 7.99. The largest absolute Gasteiger partial charge is 0.397 e. The fourth-order valence-corrected chi connectivity index (χ4v) is 3.46. The van der Waals surface area contributed by atoms with Gasteiger partial charge in [0.2, 0.25) is 5.91 Å². The lowest BCUT2D eigenvalue weighted by molar-refractivity contribution is -0.131. The lowest BCUT2D eigenvalue weighted by Crippen LogP contribution is -2.42. The van der Waals surface area contributed by atoms with Crippen LogP contribution >= 0.6 is 11.8 Å². The molecule has 0 atom stereocenters. The fraction of sp³-hybridized carbons (Fsp3) is 0.600. The normalized spacial score (nSPS) is 16.1. The highest BCUT2D eigenvalue weighted by Gasteiger charge is 2.23. The third kappa shape index (κ3) is 4.13. The zero-order chi connectivity index (χ0) is 14.4. The number of nitrogens with two attached hydrogens (primary N) is 1. The lowest BCUT2D eigenvalue weighted by Gasteiger charge is -2.33. The monoisotopic (exact) mass is 293 g/mol. The Kier molecular flexibility index (Phi) is 5.71. The second-order valence-corrected chi connectivity index (χ2v) is 6.19. The van der Waals surface area contributed by atoms with Gasteiger partial charge in [0.1, 0.15) is 0 Å². The van der Waals surface area contributed by atoms with Crippen molar-refractivity contribution < 1.29 is 4.79 Å². The first kappa shape index (κ1) is 15.2. The maximum absolute atomic E-state index is 12.4. The van der Waals surface area contributed by atoms with E-state index < -0.39 is 0 Å². The Labute approximate surface area is 125 Å². The Morgan fingerprint density at radius 2 is 2.15 bits per heavy atom. The van der Waals surface area contributed by atoms with E-state index >= 15 is 0 Å². The van der Waals surface area contributed by atoms with E-state index in [0.29, 0.717) is 17.5 Å². The quantitative estimate of drug-likeness (QED) is 0.848. The molecule has 0 spiro atoms. The first-order valence-corrected chi connectivity index (χ1v) is 8.33. The molecule has 1 aliphatic carbocycles. The molecule has 0 aliphatic heterocycles. The van der Waals surface area contributed by atoms with Gasteiger partial charge in [0.25, 0.3) is 0 Å². The van der Waals surface area contributed by atoms with Gasteiger partial charge < -0.3 is 10.6 Å². The van der Waals surface area contributed by atoms with Crippen LogP contribution in [-0.4, -0.2) is 34.1 Å². The minimum Gasteiger partial charge on any atom is -0.397 e. The molecule has 0 radical (unpaired) electrons. The lowest BCUT2D eigenvalue weighted by atomic mass is 9.94. The van der Waals surface area contributed by atoms with Gasteiger partial charge in [-0.25, -0.2) is 4.98 Å². The van der Waals surface area contributed by atoms with Gasteiger partial charge in [0, 0.05) is 12.6 Å². The summed E-state index contributed by atoms with van der Waals surface area (Å²) in [6.07, 6.45) is 7.76. The van der Waals surface area contributed by atoms with Gasteiger partial charge in [-0.05, 0) is 31.9 Å². The van der Waals surface area contributed by atoms with Crippen LogP contribution in [0.4, 0.5) is 5.69 Å². The van der Waals surface area contributed by atoms with Gasteiger partial charge in [-0.3, -0.25) is 4.79 Å². The molecular weight excluding hydrogens is 270 g/mol. The third-order valence-corrected chi connectivity index (χ3v) is 4.71. The molecule has 0 aromatic carbocycles. The summed E-state index contributed by atoms with van der Waals surface area (Å²) in [5, 5.41) is 0.854. The average Bonchev–Trinajstić information content (AvgIpc) is 2.48. The Morgan fingerprint density at radius 3 is 2.75 bits per heavy atom. The molecule has 1 saturated carbocycles. The second-order valence-electron chi connectivity index (χ2n) is 5.19. The van der Waals surface area contributed by atoms with Crippen LogP contribution in [0.1, 0.15) is 39.0 Å². The van der Waals surface area contributed by atoms with E-state index in [2.05, 4.69) is 11.9 Å². The van der Waals surface area contributed by atoms with E-state index in [9.17, 15) is 4.79 Å². The standard InChI is InChI=1S/C15H23N3OS/c1-2-18(13-6-4-3-5-7-13)15(19)11-20-14-9-8-12(16)10-17-14/h8-10,13H,2-7,11,16H2,1H3. The molecule has 1 heterocycles. The number of hydrogen-bond acceptors (Lipinski definition) is 4. The second kappa shape index (κ2) is 7.53. The molecule has 110 valence electrons. The van der Waals surface area contributed by atoms with Crippen LogP contribution in [0.3, 0.4) is 0 Å². The summed E-state index contributed by atoms with van der Waals surface area (Å²) in [4.78, 5) is 18.6. The fourth-order valence-electron chi connectivity index (χ4n) is 2.73. The van der Waals surface area contributed by atoms with Crippen molar-refractivity contribution in [3.8, 4) is 0 Å². The van der Waals surface area contributed by atoms with Gasteiger partial charge in [0.15, 0.2) is 0 Å². The van der Waals surface area contributed by atoms with E-state index in [1.807, 2.05) is 17.0 Å². The van der Waals surface area contributed by atoms with E-state index in [4.69, 9.17) is 5.73 Å². The molecule has 1 aliphatic rings. The van der Waals surface area contributed by atoms with Crippen molar-refractivity contribution in [2.75, 3.05) is 18.0 Å². The number of hydrogen-bond donors (Lipinski definition) is 1. The summed E-state index contributed by atoms with van der Waals surface area (Å²) in [7, 11) is 0. The van der Waals surface area contributed by atoms with Crippen LogP contribution in [0.15, 0.2) is 23.4 Å². The Balaban J connectivity index is 1.87. The van der Waals surface area contributed by atoms with Crippen LogP contribution in [0.2, 0.25) is 0 Å². The van der Waals surface area contributed by atoms with Crippen molar-refractivity contribution in [1.29, 1.82) is 0 Å². The summed E-state index contributed by atoms with van der Waals surface area (Å²) < 4.78 is 0. The number of carbonyl (C=O) groups excluding carboxylic acids is 1. The van der Waals surface area contributed by atoms with E-state index in [1.54, 1.807) is 6.20 Å². The Hall–Kier alpha value is -1.23. The van der Waals surface area contributed by atoms with Crippen LogP contribution < -0.4 is 5.73 Å². The van der Waals surface area contributed by atoms with E-state index in [1.165, 1.54) is 31.0 Å². The number of anilines is 1. The topological polar surface area (TPSA) is 59.2 Å². The zero-order valence-corrected chi connectivity index (χ0v) is 12.9. The van der Waals surface area contributed by atoms with Crippen LogP contribution in [0.25, 0.3) is 0 Å². The van der Waals surface area contributed by atoms with Crippen LogP contribution in [0.5, 0.6) is 0 Å². The van der Waals surface area contributed by atoms with Gasteiger partial charge in [-0.2, -0.15) is 0 Å². The summed E-state index contributed by atoms with van der Waals surface area (Å²) in [6, 6.07) is 4.13. The van der Waals surface area contributed by atoms with Crippen molar-refractivity contribution in [2.45, 2.75) is 50.1 Å². The van der Waals surface area contributed by atoms with Crippen molar-refractivity contribution in [1.82, 2.24) is 9.88 Å². The smallest absolute Gasteiger partial charge is 0.233 e. The van der Waals surface area contributed by atoms with E-state index in [-0.39, 0.29) is 5.91 Å². The molecule has 2 N–H and O–H groups in total.